The molecule has 0 saturated heterocycles. The molecule has 0 aliphatic carbocycles. The van der Waals surface area contributed by atoms with Crippen LogP contribution in [0.25, 0.3) is 111 Å². The van der Waals surface area contributed by atoms with E-state index in [0.29, 0.717) is 28.1 Å². The number of alkyl halides is 3. The minimum absolute atomic E-state index is 0.380. The fraction of sp³-hybridized carbons (Fsp3) is 0.176. The molecule has 12 aromatic rings. The number of nitriles is 1. The number of aromatic nitrogens is 2. The number of hydrogen-bond acceptors (Lipinski definition) is 1. The molecular formula is C74H62F3N3. The van der Waals surface area contributed by atoms with E-state index in [0.717, 1.165) is 71.9 Å². The second-order valence-corrected chi connectivity index (χ2v) is 22.8. The van der Waals surface area contributed by atoms with Crippen molar-refractivity contribution in [2.45, 2.75) is 89.3 Å². The highest BCUT2D eigenvalue weighted by molar-refractivity contribution is 6.14. The van der Waals surface area contributed by atoms with Gasteiger partial charge in [0.15, 0.2) is 0 Å². The molecule has 394 valence electrons. The summed E-state index contributed by atoms with van der Waals surface area (Å²) < 4.78 is 48.6. The number of nitrogens with zero attached hydrogens (tertiary/aromatic N) is 3. The maximum atomic E-state index is 14.8. The molecule has 0 N–H and O–H groups in total. The zero-order chi connectivity index (χ0) is 56.4. The van der Waals surface area contributed by atoms with E-state index >= 15 is 0 Å². The molecule has 0 bridgehead atoms. The number of hydrogen-bond donors (Lipinski definition) is 0. The summed E-state index contributed by atoms with van der Waals surface area (Å²) in [5.74, 6) is 0. The van der Waals surface area contributed by atoms with Crippen molar-refractivity contribution in [3.8, 4) is 73.1 Å². The van der Waals surface area contributed by atoms with E-state index in [1.807, 2.05) is 12.1 Å². The average Bonchev–Trinajstić information content (AvgIpc) is 3.94. The molecule has 0 aliphatic rings. The second kappa shape index (κ2) is 19.2. The smallest absolute Gasteiger partial charge is 0.308 e. The van der Waals surface area contributed by atoms with Gasteiger partial charge in [-0.05, 0) is 256 Å². The third-order valence-corrected chi connectivity index (χ3v) is 16.6. The Bertz CT molecular complexity index is 4080. The van der Waals surface area contributed by atoms with Crippen LogP contribution >= 0.6 is 0 Å². The molecule has 3 nitrogen and oxygen atoms in total. The third-order valence-electron chi connectivity index (χ3n) is 16.6. The van der Waals surface area contributed by atoms with Crippen LogP contribution in [0.15, 0.2) is 158 Å². The van der Waals surface area contributed by atoms with Crippen molar-refractivity contribution in [3.05, 3.63) is 236 Å². The molecule has 80 heavy (non-hydrogen) atoms. The minimum atomic E-state index is -4.58. The van der Waals surface area contributed by atoms with Crippen LogP contribution in [0, 0.1) is 94.4 Å². The van der Waals surface area contributed by atoms with E-state index in [9.17, 15) is 18.4 Å². The van der Waals surface area contributed by atoms with Gasteiger partial charge in [0.05, 0.1) is 39.0 Å². The van der Waals surface area contributed by atoms with E-state index in [1.165, 1.54) is 101 Å². The lowest BCUT2D eigenvalue weighted by Gasteiger charge is -2.19. The highest BCUT2D eigenvalue weighted by atomic mass is 19.4. The molecule has 12 rings (SSSR count). The van der Waals surface area contributed by atoms with Gasteiger partial charge in [-0.1, -0.05) is 107 Å². The van der Waals surface area contributed by atoms with Crippen LogP contribution in [0.3, 0.4) is 0 Å². The number of halogens is 3. The van der Waals surface area contributed by atoms with Crippen molar-refractivity contribution in [2.24, 2.45) is 0 Å². The molecule has 0 radical (unpaired) electrons. The molecule has 6 heteroatoms. The number of aryl methyl sites for hydroxylation is 12. The second-order valence-electron chi connectivity index (χ2n) is 22.8. The Hall–Kier alpha value is -8.92. The summed E-state index contributed by atoms with van der Waals surface area (Å²) in [4.78, 5) is 0. The van der Waals surface area contributed by atoms with Crippen LogP contribution in [0.2, 0.25) is 0 Å². The standard InChI is InChI=1S/C74H62F3N3/c1-40-24-44(5)70(45(6)25-40)53-16-20-64-59(33-53)60-34-54(71-46(7)26-41(2)27-47(71)8)17-21-65(60)79(64)68-37-57(52-14-13-15-58(32-52)74(75,76)77)38-69(63(68)39-78)80-66-22-18-55(72-48(9)28-42(3)29-49(72)10)35-61(66)62-36-56(19-23-67(62)80)73-50(11)30-43(4)31-51(73)12/h13-38H,1-12H3. The van der Waals surface area contributed by atoms with Crippen molar-refractivity contribution >= 4 is 43.6 Å². The van der Waals surface area contributed by atoms with Gasteiger partial charge in [-0.3, -0.25) is 0 Å². The number of rotatable bonds is 7. The first-order valence-electron chi connectivity index (χ1n) is 27.4. The molecule has 0 atom stereocenters. The lowest BCUT2D eigenvalue weighted by Crippen LogP contribution is -2.06. The Morgan fingerprint density at radius 3 is 0.875 bits per heavy atom. The average molecular weight is 1050 g/mol. The topological polar surface area (TPSA) is 33.6 Å². The highest BCUT2D eigenvalue weighted by Gasteiger charge is 2.31. The summed E-state index contributed by atoms with van der Waals surface area (Å²) in [5, 5.41) is 16.0. The SMILES string of the molecule is Cc1cc(C)c(-c2ccc3c(c2)c2cc(-c4c(C)cc(C)cc4C)ccc2n3-c2cc(-c3cccc(C(F)(F)F)c3)cc(-n3c4ccc(-c5c(C)cc(C)cc5C)cc4c4cc(-c5c(C)cc(C)cc5C)ccc43)c2C#N)c(C)c1. The first kappa shape index (κ1) is 51.8. The Morgan fingerprint density at radius 2 is 0.613 bits per heavy atom. The Morgan fingerprint density at radius 1 is 0.325 bits per heavy atom. The minimum Gasteiger partial charge on any atom is -0.308 e. The molecule has 10 aromatic carbocycles. The lowest BCUT2D eigenvalue weighted by atomic mass is 9.91. The number of benzene rings is 10. The Balaban J connectivity index is 1.21. The summed E-state index contributed by atoms with van der Waals surface area (Å²) in [5.41, 5.74) is 28.4. The fourth-order valence-electron chi connectivity index (χ4n) is 13.8. The maximum Gasteiger partial charge on any atom is 0.416 e. The van der Waals surface area contributed by atoms with Crippen molar-refractivity contribution in [3.63, 3.8) is 0 Å². The summed E-state index contributed by atoms with van der Waals surface area (Å²) >= 11 is 0. The molecular weight excluding hydrogens is 988 g/mol. The van der Waals surface area contributed by atoms with Crippen LogP contribution < -0.4 is 0 Å². The molecule has 0 saturated carbocycles. The van der Waals surface area contributed by atoms with Crippen LogP contribution in [-0.4, -0.2) is 9.13 Å². The normalized spacial score (nSPS) is 11.9. The van der Waals surface area contributed by atoms with Crippen LogP contribution in [-0.2, 0) is 6.18 Å². The van der Waals surface area contributed by atoms with Crippen LogP contribution in [0.4, 0.5) is 13.2 Å². The molecule has 0 unspecified atom stereocenters. The highest BCUT2D eigenvalue weighted by Crippen LogP contribution is 2.46. The largest absolute Gasteiger partial charge is 0.416 e. The fourth-order valence-corrected chi connectivity index (χ4v) is 13.8. The van der Waals surface area contributed by atoms with Gasteiger partial charge in [-0.25, -0.2) is 0 Å². The Labute approximate surface area is 466 Å². The van der Waals surface area contributed by atoms with Gasteiger partial charge in [0.2, 0.25) is 0 Å². The molecule has 2 aromatic heterocycles. The van der Waals surface area contributed by atoms with Crippen LogP contribution in [0.1, 0.15) is 77.9 Å². The van der Waals surface area contributed by atoms with Gasteiger partial charge in [0.1, 0.15) is 11.6 Å². The predicted octanol–water partition coefficient (Wildman–Crippen LogP) is 20.8. The zero-order valence-electron chi connectivity index (χ0n) is 47.5. The van der Waals surface area contributed by atoms with Gasteiger partial charge >= 0.3 is 6.18 Å². The monoisotopic (exact) mass is 1050 g/mol. The first-order valence-corrected chi connectivity index (χ1v) is 27.4. The van der Waals surface area contributed by atoms with Crippen molar-refractivity contribution in [1.29, 1.82) is 5.26 Å². The molecule has 0 spiro atoms. The van der Waals surface area contributed by atoms with Crippen molar-refractivity contribution in [2.75, 3.05) is 0 Å². The first-order chi connectivity index (χ1) is 38.2. The quantitative estimate of drug-likeness (QED) is 0.157. The molecule has 0 amide bonds. The van der Waals surface area contributed by atoms with E-state index < -0.39 is 11.7 Å². The lowest BCUT2D eigenvalue weighted by molar-refractivity contribution is -0.137. The van der Waals surface area contributed by atoms with Gasteiger partial charge in [-0.2, -0.15) is 18.4 Å². The number of fused-ring (bicyclic) bond motifs is 6. The van der Waals surface area contributed by atoms with Gasteiger partial charge in [0.25, 0.3) is 0 Å². The van der Waals surface area contributed by atoms with Crippen molar-refractivity contribution in [1.82, 2.24) is 9.13 Å². The van der Waals surface area contributed by atoms with Gasteiger partial charge in [0, 0.05) is 21.5 Å². The molecule has 2 heterocycles. The molecule has 0 fully saturated rings. The van der Waals surface area contributed by atoms with Gasteiger partial charge < -0.3 is 9.13 Å². The van der Waals surface area contributed by atoms with E-state index in [-0.39, 0.29) is 0 Å². The summed E-state index contributed by atoms with van der Waals surface area (Å²) in [6.07, 6.45) is -4.58. The predicted molar refractivity (Wildman–Crippen MR) is 329 cm³/mol. The summed E-state index contributed by atoms with van der Waals surface area (Å²) in [6, 6.07) is 56.2. The van der Waals surface area contributed by atoms with E-state index in [4.69, 9.17) is 0 Å². The van der Waals surface area contributed by atoms with Crippen molar-refractivity contribution < 1.29 is 13.2 Å². The molecule has 0 aliphatic heterocycles. The summed E-state index contributed by atoms with van der Waals surface area (Å²) in [7, 11) is 0. The third kappa shape index (κ3) is 8.59. The Kier molecular flexibility index (Phi) is 12.4. The zero-order valence-corrected chi connectivity index (χ0v) is 47.5. The van der Waals surface area contributed by atoms with Gasteiger partial charge in [-0.15, -0.1) is 0 Å². The van der Waals surface area contributed by atoms with E-state index in [2.05, 4.69) is 220 Å². The van der Waals surface area contributed by atoms with E-state index in [1.54, 1.807) is 6.07 Å². The summed E-state index contributed by atoms with van der Waals surface area (Å²) in [6.45, 7) is 25.8. The van der Waals surface area contributed by atoms with Crippen LogP contribution in [0.5, 0.6) is 0 Å². The maximum absolute atomic E-state index is 14.8.